The summed E-state index contributed by atoms with van der Waals surface area (Å²) in [6.07, 6.45) is 1.04. The van der Waals surface area contributed by atoms with Gasteiger partial charge in [0.15, 0.2) is 0 Å². The molecule has 0 aliphatic heterocycles. The van der Waals surface area contributed by atoms with Crippen molar-refractivity contribution in [3.63, 3.8) is 0 Å². The first-order valence-corrected chi connectivity index (χ1v) is 14.5. The minimum atomic E-state index is -2.43. The Hall–Kier alpha value is -2.24. The Bertz CT molecular complexity index is 832. The maximum absolute atomic E-state index is 10.0. The van der Waals surface area contributed by atoms with E-state index in [1.165, 1.54) is 16.7 Å². The minimum absolute atomic E-state index is 0.194. The second-order valence-corrected chi connectivity index (χ2v) is 12.8. The van der Waals surface area contributed by atoms with Gasteiger partial charge in [-0.15, -0.1) is 0 Å². The molecule has 0 aliphatic carbocycles. The third kappa shape index (κ3) is 5.05. The van der Waals surface area contributed by atoms with Gasteiger partial charge in [0.1, 0.15) is 0 Å². The van der Waals surface area contributed by atoms with Gasteiger partial charge in [-0.25, -0.2) is 0 Å². The van der Waals surface area contributed by atoms with E-state index in [-0.39, 0.29) is 11.8 Å². The largest absolute Gasteiger partial charge is 0.415 e. The Labute approximate surface area is 194 Å². The fourth-order valence-corrected chi connectivity index (χ4v) is 7.68. The van der Waals surface area contributed by atoms with Crippen LogP contribution in [0.3, 0.4) is 0 Å². The Balaban J connectivity index is 2.21. The number of benzene rings is 3. The van der Waals surface area contributed by atoms with E-state index in [0.717, 1.165) is 6.42 Å². The molecule has 1 N–H and O–H groups in total. The lowest BCUT2D eigenvalue weighted by molar-refractivity contribution is 0.0854. The van der Waals surface area contributed by atoms with Crippen LogP contribution in [-0.4, -0.2) is 39.0 Å². The highest BCUT2D eigenvalue weighted by atomic mass is 28.4. The Morgan fingerprint density at radius 2 is 1.19 bits per heavy atom. The maximum atomic E-state index is 10.0. The van der Waals surface area contributed by atoms with Gasteiger partial charge in [0.2, 0.25) is 8.32 Å². The van der Waals surface area contributed by atoms with Crippen molar-refractivity contribution in [3.8, 4) is 0 Å². The van der Waals surface area contributed by atoms with Crippen LogP contribution in [0, 0.1) is 0 Å². The number of aliphatic hydroxyl groups is 1. The summed E-state index contributed by atoms with van der Waals surface area (Å²) < 4.78 is 13.0. The molecule has 3 rings (SSSR count). The van der Waals surface area contributed by atoms with E-state index < -0.39 is 13.7 Å². The first-order valence-electron chi connectivity index (χ1n) is 11.5. The molecule has 0 saturated carbocycles. The molecule has 0 spiro atoms. The zero-order valence-corrected chi connectivity index (χ0v) is 20.7. The second-order valence-electron chi connectivity index (χ2n) is 8.82. The zero-order chi connectivity index (χ0) is 23.0. The van der Waals surface area contributed by atoms with Gasteiger partial charge in [-0.1, -0.05) is 97.9 Å². The topological polar surface area (TPSA) is 38.7 Å². The average Bonchev–Trinajstić information content (AvgIpc) is 2.83. The van der Waals surface area contributed by atoms with Crippen LogP contribution in [0.2, 0.25) is 13.1 Å². The molecule has 0 bridgehead atoms. The van der Waals surface area contributed by atoms with Gasteiger partial charge in [-0.05, 0) is 42.6 Å². The summed E-state index contributed by atoms with van der Waals surface area (Å²) in [5.41, 5.74) is 2.82. The third-order valence-electron chi connectivity index (χ3n) is 6.34. The summed E-state index contributed by atoms with van der Waals surface area (Å²) in [7, 11) is -0.631. The highest BCUT2D eigenvalue weighted by Crippen LogP contribution is 2.46. The van der Waals surface area contributed by atoms with Gasteiger partial charge in [0, 0.05) is 13.7 Å². The number of aliphatic hydroxyl groups excluding tert-OH is 1. The van der Waals surface area contributed by atoms with Crippen LogP contribution in [0.4, 0.5) is 0 Å². The number of rotatable bonds is 11. The van der Waals surface area contributed by atoms with E-state index in [4.69, 9.17) is 9.16 Å². The summed E-state index contributed by atoms with van der Waals surface area (Å²) in [6.45, 7) is 6.98. The summed E-state index contributed by atoms with van der Waals surface area (Å²) >= 11 is 0. The van der Waals surface area contributed by atoms with Gasteiger partial charge in [0.05, 0.1) is 17.2 Å². The van der Waals surface area contributed by atoms with Crippen molar-refractivity contribution >= 4 is 8.32 Å². The summed E-state index contributed by atoms with van der Waals surface area (Å²) in [5.74, 6) is 0. The number of hydrogen-bond donors (Lipinski definition) is 1. The molecule has 0 unspecified atom stereocenters. The molecule has 0 aliphatic rings. The van der Waals surface area contributed by atoms with Crippen LogP contribution in [0.1, 0.15) is 36.5 Å². The predicted molar refractivity (Wildman–Crippen MR) is 134 cm³/mol. The van der Waals surface area contributed by atoms with Crippen LogP contribution in [0.25, 0.3) is 0 Å². The van der Waals surface area contributed by atoms with E-state index >= 15 is 0 Å². The van der Waals surface area contributed by atoms with E-state index in [1.807, 2.05) is 6.92 Å². The Morgan fingerprint density at radius 1 is 0.781 bits per heavy atom. The lowest BCUT2D eigenvalue weighted by atomic mass is 9.69. The molecule has 3 aromatic rings. The van der Waals surface area contributed by atoms with Gasteiger partial charge in [-0.3, -0.25) is 0 Å². The molecule has 170 valence electrons. The molecule has 0 radical (unpaired) electrons. The van der Waals surface area contributed by atoms with Crippen molar-refractivity contribution in [3.05, 3.63) is 108 Å². The molecule has 0 aromatic heterocycles. The van der Waals surface area contributed by atoms with Gasteiger partial charge < -0.3 is 14.3 Å². The quantitative estimate of drug-likeness (QED) is 0.291. The summed E-state index contributed by atoms with van der Waals surface area (Å²) in [4.78, 5) is 0. The van der Waals surface area contributed by atoms with Gasteiger partial charge >= 0.3 is 0 Å². The normalized spacial score (nSPS) is 14.2. The van der Waals surface area contributed by atoms with Crippen molar-refractivity contribution in [1.82, 2.24) is 0 Å². The van der Waals surface area contributed by atoms with Gasteiger partial charge in [-0.2, -0.15) is 0 Å². The molecule has 0 heterocycles. The van der Waals surface area contributed by atoms with Crippen molar-refractivity contribution in [2.24, 2.45) is 0 Å². The summed E-state index contributed by atoms with van der Waals surface area (Å²) in [5, 5.41) is 10.0. The monoisotopic (exact) mass is 448 g/mol. The predicted octanol–water partition coefficient (Wildman–Crippen LogP) is 5.96. The highest BCUT2D eigenvalue weighted by molar-refractivity contribution is 6.73. The first-order chi connectivity index (χ1) is 15.5. The fourth-order valence-electron chi connectivity index (χ4n) is 4.78. The van der Waals surface area contributed by atoms with Crippen LogP contribution in [0.5, 0.6) is 0 Å². The molecule has 32 heavy (non-hydrogen) atoms. The van der Waals surface area contributed by atoms with Crippen LogP contribution < -0.4 is 0 Å². The molecular formula is C28H36O3Si. The van der Waals surface area contributed by atoms with Crippen LogP contribution in [-0.2, 0) is 14.6 Å². The lowest BCUT2D eigenvalue weighted by Crippen LogP contribution is -2.59. The Kier molecular flexibility index (Phi) is 8.43. The molecule has 3 nitrogen and oxygen atoms in total. The van der Waals surface area contributed by atoms with Crippen molar-refractivity contribution in [1.29, 1.82) is 0 Å². The molecule has 0 saturated heterocycles. The smallest absolute Gasteiger partial charge is 0.216 e. The second kappa shape index (κ2) is 11.1. The van der Waals surface area contributed by atoms with Crippen molar-refractivity contribution in [2.45, 2.75) is 50.1 Å². The Morgan fingerprint density at radius 3 is 1.53 bits per heavy atom. The van der Waals surface area contributed by atoms with Gasteiger partial charge in [0.25, 0.3) is 0 Å². The molecular weight excluding hydrogens is 412 g/mol. The molecule has 0 fully saturated rings. The number of methoxy groups -OCH3 is 1. The maximum Gasteiger partial charge on any atom is 0.216 e. The average molecular weight is 449 g/mol. The van der Waals surface area contributed by atoms with E-state index in [2.05, 4.69) is 104 Å². The zero-order valence-electron chi connectivity index (χ0n) is 19.7. The lowest BCUT2D eigenvalue weighted by Gasteiger charge is -2.47. The SMILES string of the molecule is CC[C@H](O)CCO[Si](C)(C)[C@@H](OC)C(c1ccccc1)(c1ccccc1)c1ccccc1. The van der Waals surface area contributed by atoms with E-state index in [0.29, 0.717) is 13.0 Å². The van der Waals surface area contributed by atoms with Crippen LogP contribution in [0.15, 0.2) is 91.0 Å². The van der Waals surface area contributed by atoms with E-state index in [9.17, 15) is 5.11 Å². The van der Waals surface area contributed by atoms with Crippen molar-refractivity contribution < 1.29 is 14.3 Å². The van der Waals surface area contributed by atoms with E-state index in [1.54, 1.807) is 7.11 Å². The van der Waals surface area contributed by atoms with Crippen molar-refractivity contribution in [2.75, 3.05) is 13.7 Å². The van der Waals surface area contributed by atoms with Crippen LogP contribution >= 0.6 is 0 Å². The summed E-state index contributed by atoms with van der Waals surface area (Å²) in [6, 6.07) is 31.9. The standard InChI is InChI=1S/C28H36O3Si/c1-5-26(29)21-22-31-32(3,4)27(30-2)28(23-15-9-6-10-16-23,24-17-11-7-12-18-24)25-19-13-8-14-20-25/h6-20,26-27,29H,5,21-22H2,1-4H3/t26-,27+/m0/s1. The first kappa shape index (κ1) is 24.4. The highest BCUT2D eigenvalue weighted by Gasteiger charge is 2.52. The molecule has 2 atom stereocenters. The number of ether oxygens (including phenoxy) is 1. The molecule has 0 amide bonds. The molecule has 3 aromatic carbocycles. The molecule has 4 heteroatoms. The third-order valence-corrected chi connectivity index (χ3v) is 9.22. The number of hydrogen-bond acceptors (Lipinski definition) is 3. The fraction of sp³-hybridized carbons (Fsp3) is 0.357. The minimum Gasteiger partial charge on any atom is -0.415 e.